The molecule has 0 radical (unpaired) electrons. The normalized spacial score (nSPS) is 18.5. The first-order valence-corrected chi connectivity index (χ1v) is 17.6. The van der Waals surface area contributed by atoms with Crippen molar-refractivity contribution in [1.82, 2.24) is 0 Å². The topological polar surface area (TPSA) is 0 Å². The molecule has 4 rings (SSSR count). The Bertz CT molecular complexity index is 1010. The summed E-state index contributed by atoms with van der Waals surface area (Å²) in [6, 6.07) is 20.8. The van der Waals surface area contributed by atoms with E-state index in [1.807, 2.05) is 0 Å². The van der Waals surface area contributed by atoms with Crippen molar-refractivity contribution in [1.29, 1.82) is 0 Å². The van der Waals surface area contributed by atoms with E-state index in [1.165, 1.54) is 65.1 Å². The van der Waals surface area contributed by atoms with Gasteiger partial charge in [0.15, 0.2) is 0 Å². The fourth-order valence-corrected chi connectivity index (χ4v) is 4.78. The van der Waals surface area contributed by atoms with Crippen LogP contribution >= 0.6 is 17.0 Å². The first-order chi connectivity index (χ1) is 14.8. The molecule has 0 nitrogen and oxygen atoms in total. The third kappa shape index (κ3) is 6.19. The van der Waals surface area contributed by atoms with Gasteiger partial charge in [0.25, 0.3) is 0 Å². The number of benzene rings is 2. The molecule has 0 N–H and O–H groups in total. The molecular weight excluding hydrogens is 498 g/mol. The van der Waals surface area contributed by atoms with Crippen LogP contribution in [0.4, 0.5) is 0 Å². The predicted octanol–water partition coefficient (Wildman–Crippen LogP) is 9.58. The maximum absolute atomic E-state index is 4.93. The molecule has 31 heavy (non-hydrogen) atoms. The standard InChI is InChI=1S/C28H33.2ClH.Zr/c1-5-28(16-7-6-8-17-28)20-21-18-23-10-9-11-25(26(23)19-21)22-12-14-24(15-13-22)27(2,3)4;;;/h6-7,9-15,18-19H,5,8,16-17,20H2,1-4H3;2*1H;/q-1;;;+2/p-2. The van der Waals surface area contributed by atoms with E-state index in [4.69, 9.17) is 17.0 Å². The van der Waals surface area contributed by atoms with Crippen LogP contribution in [0.25, 0.3) is 21.9 Å². The van der Waals surface area contributed by atoms with E-state index < -0.39 is 20.8 Å². The molecule has 1 aliphatic rings. The summed E-state index contributed by atoms with van der Waals surface area (Å²) in [7, 11) is 9.87. The molecule has 0 amide bonds. The number of halogens is 2. The molecule has 1 unspecified atom stereocenters. The van der Waals surface area contributed by atoms with Crippen LogP contribution in [0.3, 0.4) is 0 Å². The summed E-state index contributed by atoms with van der Waals surface area (Å²) in [6.07, 6.45) is 11.0. The SMILES string of the molecule is CCC1(Cc2cc3c(-c4ccc(C(C)(C)C)cc4)cccc3[cH-]2)CC=CCC1.[Cl][Zr][Cl]. The second kappa shape index (κ2) is 10.9. The van der Waals surface area contributed by atoms with Crippen molar-refractivity contribution in [3.05, 3.63) is 77.9 Å². The number of hydrogen-bond donors (Lipinski definition) is 0. The van der Waals surface area contributed by atoms with Crippen LogP contribution in [0, 0.1) is 5.41 Å². The van der Waals surface area contributed by atoms with E-state index >= 15 is 0 Å². The van der Waals surface area contributed by atoms with Gasteiger partial charge in [-0.3, -0.25) is 0 Å². The zero-order valence-electron chi connectivity index (χ0n) is 19.1. The van der Waals surface area contributed by atoms with Gasteiger partial charge in [0.05, 0.1) is 0 Å². The Kier molecular flexibility index (Phi) is 8.76. The summed E-state index contributed by atoms with van der Waals surface area (Å²) >= 11 is -0.826. The summed E-state index contributed by atoms with van der Waals surface area (Å²) in [5.41, 5.74) is 6.22. The van der Waals surface area contributed by atoms with Gasteiger partial charge in [-0.05, 0) is 54.1 Å². The molecule has 3 aromatic rings. The van der Waals surface area contributed by atoms with E-state index in [2.05, 4.69) is 94.4 Å². The average Bonchev–Trinajstić information content (AvgIpc) is 3.16. The van der Waals surface area contributed by atoms with Gasteiger partial charge in [0.2, 0.25) is 0 Å². The van der Waals surface area contributed by atoms with Gasteiger partial charge in [-0.2, -0.15) is 6.07 Å². The monoisotopic (exact) mass is 529 g/mol. The van der Waals surface area contributed by atoms with Gasteiger partial charge in [-0.15, -0.1) is 34.5 Å². The zero-order valence-corrected chi connectivity index (χ0v) is 23.1. The van der Waals surface area contributed by atoms with Crippen molar-refractivity contribution in [2.24, 2.45) is 5.41 Å². The Morgan fingerprint density at radius 2 is 1.74 bits per heavy atom. The van der Waals surface area contributed by atoms with Gasteiger partial charge in [0, 0.05) is 0 Å². The maximum atomic E-state index is 4.93. The fourth-order valence-electron chi connectivity index (χ4n) is 4.78. The molecule has 0 spiro atoms. The van der Waals surface area contributed by atoms with E-state index in [0.29, 0.717) is 5.41 Å². The van der Waals surface area contributed by atoms with Crippen molar-refractivity contribution in [3.63, 3.8) is 0 Å². The summed E-state index contributed by atoms with van der Waals surface area (Å²) in [6.45, 7) is 9.19. The van der Waals surface area contributed by atoms with Crippen molar-refractivity contribution in [2.75, 3.05) is 0 Å². The molecule has 1 aliphatic carbocycles. The van der Waals surface area contributed by atoms with E-state index in [1.54, 1.807) is 0 Å². The molecule has 0 heterocycles. The van der Waals surface area contributed by atoms with Crippen LogP contribution in [0.1, 0.15) is 64.5 Å². The Morgan fingerprint density at radius 1 is 1.03 bits per heavy atom. The fraction of sp³-hybridized carbons (Fsp3) is 0.393. The van der Waals surface area contributed by atoms with Crippen LogP contribution in [-0.2, 0) is 32.7 Å². The van der Waals surface area contributed by atoms with Crippen LogP contribution in [-0.4, -0.2) is 0 Å². The third-order valence-corrected chi connectivity index (χ3v) is 6.76. The minimum atomic E-state index is -0.826. The van der Waals surface area contributed by atoms with E-state index in [9.17, 15) is 0 Å². The number of fused-ring (bicyclic) bond motifs is 1. The second-order valence-corrected chi connectivity index (χ2v) is 13.5. The number of hydrogen-bond acceptors (Lipinski definition) is 0. The summed E-state index contributed by atoms with van der Waals surface area (Å²) in [5, 5.41) is 2.78. The summed E-state index contributed by atoms with van der Waals surface area (Å²) in [4.78, 5) is 0. The van der Waals surface area contributed by atoms with Crippen LogP contribution in [0.5, 0.6) is 0 Å². The Balaban J connectivity index is 0.000000858. The molecule has 0 aromatic heterocycles. The molecule has 3 aromatic carbocycles. The molecule has 0 bridgehead atoms. The summed E-state index contributed by atoms with van der Waals surface area (Å²) < 4.78 is 0. The molecular formula is C28H33Cl2Zr-. The third-order valence-electron chi connectivity index (χ3n) is 6.76. The van der Waals surface area contributed by atoms with Gasteiger partial charge >= 0.3 is 37.9 Å². The molecule has 0 saturated heterocycles. The predicted molar refractivity (Wildman–Crippen MR) is 135 cm³/mol. The van der Waals surface area contributed by atoms with Crippen molar-refractivity contribution in [2.45, 2.75) is 65.2 Å². The molecule has 0 aliphatic heterocycles. The van der Waals surface area contributed by atoms with Gasteiger partial charge in [0.1, 0.15) is 0 Å². The molecule has 1 atom stereocenters. The van der Waals surface area contributed by atoms with Gasteiger partial charge in [-0.25, -0.2) is 0 Å². The first-order valence-electron chi connectivity index (χ1n) is 11.2. The Hall–Kier alpha value is -0.747. The number of rotatable bonds is 4. The molecule has 0 saturated carbocycles. The van der Waals surface area contributed by atoms with Crippen molar-refractivity contribution >= 4 is 27.8 Å². The average molecular weight is 532 g/mol. The van der Waals surface area contributed by atoms with Crippen molar-refractivity contribution < 1.29 is 20.8 Å². The number of allylic oxidation sites excluding steroid dienone is 2. The quantitative estimate of drug-likeness (QED) is 0.232. The van der Waals surface area contributed by atoms with Crippen molar-refractivity contribution in [3.8, 4) is 11.1 Å². The van der Waals surface area contributed by atoms with Gasteiger partial charge in [-0.1, -0.05) is 75.7 Å². The Labute approximate surface area is 207 Å². The molecule has 164 valence electrons. The summed E-state index contributed by atoms with van der Waals surface area (Å²) in [5.74, 6) is 0. The first kappa shape index (κ1) is 24.9. The van der Waals surface area contributed by atoms with Crippen LogP contribution in [0.15, 0.2) is 66.7 Å². The van der Waals surface area contributed by atoms with Crippen LogP contribution in [0.2, 0.25) is 0 Å². The second-order valence-electron chi connectivity index (χ2n) is 9.82. The minimum absolute atomic E-state index is 0.195. The van der Waals surface area contributed by atoms with Crippen LogP contribution < -0.4 is 0 Å². The van der Waals surface area contributed by atoms with Gasteiger partial charge < -0.3 is 0 Å². The Morgan fingerprint density at radius 3 is 2.32 bits per heavy atom. The zero-order chi connectivity index (χ0) is 22.5. The van der Waals surface area contributed by atoms with E-state index in [-0.39, 0.29) is 5.41 Å². The van der Waals surface area contributed by atoms with E-state index in [0.717, 1.165) is 0 Å². The molecule has 0 fully saturated rings. The molecule has 3 heteroatoms.